The number of nitrogens with zero attached hydrogens (tertiary/aromatic N) is 1. The normalized spacial score (nSPS) is 14.8. The van der Waals surface area contributed by atoms with Crippen molar-refractivity contribution < 1.29 is 9.53 Å². The molecular weight excluding hydrogens is 338 g/mol. The van der Waals surface area contributed by atoms with Gasteiger partial charge in [-0.3, -0.25) is 0 Å². The highest BCUT2D eigenvalue weighted by molar-refractivity contribution is 7.12. The molecule has 4 heteroatoms. The van der Waals surface area contributed by atoms with Gasteiger partial charge in [-0.1, -0.05) is 60.7 Å². The van der Waals surface area contributed by atoms with Crippen LogP contribution in [-0.2, 0) is 18.2 Å². The second kappa shape index (κ2) is 6.61. The van der Waals surface area contributed by atoms with Crippen LogP contribution in [0, 0.1) is 0 Å². The number of benzene rings is 2. The molecule has 0 saturated heterocycles. The summed E-state index contributed by atoms with van der Waals surface area (Å²) in [4.78, 5) is 12.8. The van der Waals surface area contributed by atoms with Crippen molar-refractivity contribution in [3.05, 3.63) is 78.1 Å². The van der Waals surface area contributed by atoms with E-state index >= 15 is 0 Å². The third-order valence-electron chi connectivity index (χ3n) is 5.46. The zero-order chi connectivity index (χ0) is 18.1. The molecule has 0 atom stereocenters. The lowest BCUT2D eigenvalue weighted by molar-refractivity contribution is 0.0517. The number of esters is 1. The standard InChI is InChI=1S/C22H23NO2Si/c1-3-25-22(24)20-21-17(16-23(20)2)14-15-26(21,18-10-6-4-7-11-18)19-12-8-5-9-13-19/h4-13,16H,3,14-15H2,1-2H3. The molecule has 0 aliphatic carbocycles. The summed E-state index contributed by atoms with van der Waals surface area (Å²) in [6, 6.07) is 22.6. The highest BCUT2D eigenvalue weighted by atomic mass is 28.3. The molecule has 0 amide bonds. The van der Waals surface area contributed by atoms with Gasteiger partial charge in [0.2, 0.25) is 0 Å². The lowest BCUT2D eigenvalue weighted by Gasteiger charge is -2.30. The fourth-order valence-corrected chi connectivity index (χ4v) is 9.76. The summed E-state index contributed by atoms with van der Waals surface area (Å²) in [5.41, 5.74) is 2.04. The monoisotopic (exact) mass is 361 g/mol. The van der Waals surface area contributed by atoms with E-state index in [0.29, 0.717) is 6.61 Å². The molecule has 1 aliphatic heterocycles. The Morgan fingerprint density at radius 2 is 1.62 bits per heavy atom. The van der Waals surface area contributed by atoms with Crippen LogP contribution in [0.2, 0.25) is 6.04 Å². The predicted octanol–water partition coefficient (Wildman–Crippen LogP) is 2.23. The smallest absolute Gasteiger partial charge is 0.354 e. The Labute approximate surface area is 155 Å². The van der Waals surface area contributed by atoms with Gasteiger partial charge >= 0.3 is 5.97 Å². The van der Waals surface area contributed by atoms with Crippen LogP contribution in [-0.4, -0.2) is 25.2 Å². The van der Waals surface area contributed by atoms with Crippen LogP contribution in [0.25, 0.3) is 0 Å². The summed E-state index contributed by atoms with van der Waals surface area (Å²) in [7, 11) is -0.284. The number of ether oxygens (including phenoxy) is 1. The van der Waals surface area contributed by atoms with Gasteiger partial charge in [-0.15, -0.1) is 0 Å². The first-order chi connectivity index (χ1) is 12.7. The highest BCUT2D eigenvalue weighted by Crippen LogP contribution is 2.27. The molecule has 0 saturated carbocycles. The topological polar surface area (TPSA) is 31.2 Å². The molecule has 0 spiro atoms. The fourth-order valence-electron chi connectivity index (χ4n) is 4.44. The van der Waals surface area contributed by atoms with E-state index in [-0.39, 0.29) is 5.97 Å². The van der Waals surface area contributed by atoms with E-state index in [1.807, 2.05) is 18.5 Å². The maximum Gasteiger partial charge on any atom is 0.354 e. The molecular formula is C22H23NO2Si. The lowest BCUT2D eigenvalue weighted by atomic mass is 10.2. The molecule has 26 heavy (non-hydrogen) atoms. The van der Waals surface area contributed by atoms with E-state index in [1.54, 1.807) is 0 Å². The van der Waals surface area contributed by atoms with Crippen molar-refractivity contribution in [2.75, 3.05) is 6.61 Å². The predicted molar refractivity (Wildman–Crippen MR) is 107 cm³/mol. The maximum atomic E-state index is 12.8. The Hall–Kier alpha value is -2.59. The van der Waals surface area contributed by atoms with E-state index in [2.05, 4.69) is 66.9 Å². The van der Waals surface area contributed by atoms with Crippen molar-refractivity contribution in [2.45, 2.75) is 19.4 Å². The molecule has 0 radical (unpaired) electrons. The van der Waals surface area contributed by atoms with Crippen LogP contribution in [0.15, 0.2) is 66.9 Å². The third kappa shape index (κ3) is 2.44. The molecule has 2 aromatic carbocycles. The summed E-state index contributed by atoms with van der Waals surface area (Å²) in [6.45, 7) is 2.25. The van der Waals surface area contributed by atoms with Crippen LogP contribution in [0.5, 0.6) is 0 Å². The van der Waals surface area contributed by atoms with Crippen molar-refractivity contribution in [3.63, 3.8) is 0 Å². The minimum Gasteiger partial charge on any atom is -0.461 e. The molecule has 1 aliphatic rings. The maximum absolute atomic E-state index is 12.8. The molecule has 132 valence electrons. The van der Waals surface area contributed by atoms with Gasteiger partial charge in [0, 0.05) is 13.2 Å². The number of hydrogen-bond acceptors (Lipinski definition) is 2. The van der Waals surface area contributed by atoms with Crippen molar-refractivity contribution in [1.29, 1.82) is 0 Å². The van der Waals surface area contributed by atoms with Gasteiger partial charge in [0.25, 0.3) is 0 Å². The Bertz CT molecular complexity index is 892. The summed E-state index contributed by atoms with van der Waals surface area (Å²) in [6.07, 6.45) is 3.14. The zero-order valence-corrected chi connectivity index (χ0v) is 16.2. The van der Waals surface area contributed by atoms with E-state index in [4.69, 9.17) is 4.74 Å². The van der Waals surface area contributed by atoms with Gasteiger partial charge < -0.3 is 9.30 Å². The van der Waals surface area contributed by atoms with E-state index < -0.39 is 8.07 Å². The third-order valence-corrected chi connectivity index (χ3v) is 10.5. The average molecular weight is 362 g/mol. The van der Waals surface area contributed by atoms with Crippen molar-refractivity contribution in [3.8, 4) is 0 Å². The first-order valence-electron chi connectivity index (χ1n) is 9.15. The number of rotatable bonds is 4. The molecule has 2 heterocycles. The van der Waals surface area contributed by atoms with E-state index in [0.717, 1.165) is 18.2 Å². The van der Waals surface area contributed by atoms with Gasteiger partial charge in [0.1, 0.15) is 5.69 Å². The van der Waals surface area contributed by atoms with Gasteiger partial charge in [-0.25, -0.2) is 4.79 Å². The first kappa shape index (κ1) is 16.9. The van der Waals surface area contributed by atoms with Gasteiger partial charge in [0.15, 0.2) is 8.07 Å². The molecule has 0 unspecified atom stereocenters. The largest absolute Gasteiger partial charge is 0.461 e. The van der Waals surface area contributed by atoms with Gasteiger partial charge in [-0.2, -0.15) is 0 Å². The molecule has 3 nitrogen and oxygen atoms in total. The van der Waals surface area contributed by atoms with Crippen LogP contribution in [0.1, 0.15) is 23.0 Å². The van der Waals surface area contributed by atoms with E-state index in [1.165, 1.54) is 21.1 Å². The molecule has 4 rings (SSSR count). The Balaban J connectivity index is 2.02. The second-order valence-electron chi connectivity index (χ2n) is 6.85. The molecule has 0 N–H and O–H groups in total. The summed E-state index contributed by atoms with van der Waals surface area (Å²) in [5, 5.41) is 3.97. The number of hydrogen-bond donors (Lipinski definition) is 0. The Kier molecular flexibility index (Phi) is 4.29. The van der Waals surface area contributed by atoms with Gasteiger partial charge in [-0.05, 0) is 40.5 Å². The fraction of sp³-hybridized carbons (Fsp3) is 0.227. The molecule has 0 fully saturated rings. The number of carbonyl (C=O) groups excluding carboxylic acids is 1. The SMILES string of the molecule is CCOC(=O)c1c2c(cn1C)CC[Si]2(c1ccccc1)c1ccccc1. The first-order valence-corrected chi connectivity index (χ1v) is 11.4. The molecule has 0 bridgehead atoms. The van der Waals surface area contributed by atoms with E-state index in [9.17, 15) is 4.79 Å². The number of aryl methyl sites for hydroxylation is 2. The minimum atomic E-state index is -2.24. The van der Waals surface area contributed by atoms with Crippen molar-refractivity contribution >= 4 is 29.6 Å². The van der Waals surface area contributed by atoms with Crippen LogP contribution >= 0.6 is 0 Å². The quantitative estimate of drug-likeness (QED) is 0.527. The van der Waals surface area contributed by atoms with Crippen LogP contribution in [0.3, 0.4) is 0 Å². The summed E-state index contributed by atoms with van der Waals surface area (Å²) < 4.78 is 7.39. The molecule has 1 aromatic heterocycles. The van der Waals surface area contributed by atoms with Gasteiger partial charge in [0.05, 0.1) is 6.61 Å². The minimum absolute atomic E-state index is 0.207. The Morgan fingerprint density at radius 3 is 2.15 bits per heavy atom. The van der Waals surface area contributed by atoms with Crippen LogP contribution < -0.4 is 15.6 Å². The lowest BCUT2D eigenvalue weighted by Crippen LogP contribution is -2.66. The highest BCUT2D eigenvalue weighted by Gasteiger charge is 2.48. The molecule has 3 aromatic rings. The number of carbonyl (C=O) groups is 1. The van der Waals surface area contributed by atoms with Crippen LogP contribution in [0.4, 0.5) is 0 Å². The zero-order valence-electron chi connectivity index (χ0n) is 15.2. The number of fused-ring (bicyclic) bond motifs is 1. The average Bonchev–Trinajstić information content (AvgIpc) is 3.19. The van der Waals surface area contributed by atoms with Crippen molar-refractivity contribution in [2.24, 2.45) is 7.05 Å². The number of aromatic nitrogens is 1. The van der Waals surface area contributed by atoms with Crippen molar-refractivity contribution in [1.82, 2.24) is 4.57 Å². The second-order valence-corrected chi connectivity index (χ2v) is 10.8. The Morgan fingerprint density at radius 1 is 1.04 bits per heavy atom. The summed E-state index contributed by atoms with van der Waals surface area (Å²) >= 11 is 0. The summed E-state index contributed by atoms with van der Waals surface area (Å²) in [5.74, 6) is -0.207.